The van der Waals surface area contributed by atoms with Crippen LogP contribution >= 0.6 is 35.7 Å². The lowest BCUT2D eigenvalue weighted by molar-refractivity contribution is 0.410. The number of para-hydroxylation sites is 1. The number of nitrogens with zero attached hydrogens (tertiary/aromatic N) is 1. The Bertz CT molecular complexity index is 416. The normalized spacial score (nSPS) is 10.7. The molecule has 120 valence electrons. The molecule has 0 saturated heterocycles. The van der Waals surface area contributed by atoms with Crippen molar-refractivity contribution < 1.29 is 4.74 Å². The average molecular weight is 423 g/mol. The molecule has 0 aliphatic heterocycles. The smallest absolute Gasteiger partial charge is 0.191 e. The summed E-state index contributed by atoms with van der Waals surface area (Å²) in [5, 5.41) is 6.61. The van der Waals surface area contributed by atoms with Crippen LogP contribution in [-0.2, 0) is 6.54 Å². The van der Waals surface area contributed by atoms with Crippen LogP contribution in [-0.4, -0.2) is 38.2 Å². The third-order valence-electron chi connectivity index (χ3n) is 2.76. The minimum atomic E-state index is 0. The van der Waals surface area contributed by atoms with Gasteiger partial charge < -0.3 is 15.4 Å². The van der Waals surface area contributed by atoms with Gasteiger partial charge in [0.25, 0.3) is 0 Å². The topological polar surface area (TPSA) is 45.7 Å². The second-order valence-corrected chi connectivity index (χ2v) is 5.27. The van der Waals surface area contributed by atoms with E-state index in [1.807, 2.05) is 36.0 Å². The molecule has 1 aromatic carbocycles. The first-order chi connectivity index (χ1) is 9.81. The molecule has 0 spiro atoms. The predicted octanol–water partition coefficient (Wildman–Crippen LogP) is 3.12. The van der Waals surface area contributed by atoms with Crippen LogP contribution in [0, 0.1) is 0 Å². The van der Waals surface area contributed by atoms with Crippen molar-refractivity contribution in [3.8, 4) is 5.75 Å². The quantitative estimate of drug-likeness (QED) is 0.292. The number of hydrogen-bond donors (Lipinski definition) is 2. The Morgan fingerprint density at radius 1 is 1.29 bits per heavy atom. The van der Waals surface area contributed by atoms with Gasteiger partial charge in [0, 0.05) is 18.7 Å². The van der Waals surface area contributed by atoms with E-state index < -0.39 is 0 Å². The van der Waals surface area contributed by atoms with Gasteiger partial charge in [0.05, 0.1) is 13.7 Å². The van der Waals surface area contributed by atoms with E-state index >= 15 is 0 Å². The number of methoxy groups -OCH3 is 1. The van der Waals surface area contributed by atoms with Gasteiger partial charge >= 0.3 is 0 Å². The number of guanidine groups is 1. The fraction of sp³-hybridized carbons (Fsp3) is 0.533. The number of halogens is 1. The Morgan fingerprint density at radius 2 is 2.05 bits per heavy atom. The van der Waals surface area contributed by atoms with Crippen LogP contribution in [0.25, 0.3) is 0 Å². The molecule has 0 atom stereocenters. The maximum Gasteiger partial charge on any atom is 0.191 e. The Labute approximate surface area is 149 Å². The molecule has 1 rings (SSSR count). The van der Waals surface area contributed by atoms with Gasteiger partial charge in [-0.05, 0) is 31.4 Å². The van der Waals surface area contributed by atoms with E-state index in [2.05, 4.69) is 28.8 Å². The van der Waals surface area contributed by atoms with E-state index in [-0.39, 0.29) is 24.0 Å². The van der Waals surface area contributed by atoms with E-state index in [9.17, 15) is 0 Å². The van der Waals surface area contributed by atoms with Crippen molar-refractivity contribution in [1.82, 2.24) is 10.6 Å². The molecular weight excluding hydrogens is 397 g/mol. The fourth-order valence-corrected chi connectivity index (χ4v) is 2.20. The number of rotatable bonds is 8. The molecular formula is C15H26IN3OS. The molecule has 4 nitrogen and oxygen atoms in total. The van der Waals surface area contributed by atoms with Gasteiger partial charge in [-0.1, -0.05) is 18.2 Å². The maximum atomic E-state index is 5.34. The Balaban J connectivity index is 0.00000400. The van der Waals surface area contributed by atoms with E-state index in [4.69, 9.17) is 4.74 Å². The van der Waals surface area contributed by atoms with Crippen LogP contribution in [0.1, 0.15) is 18.9 Å². The van der Waals surface area contributed by atoms with Crippen LogP contribution in [0.15, 0.2) is 29.3 Å². The molecule has 0 saturated carbocycles. The van der Waals surface area contributed by atoms with E-state index in [0.717, 1.165) is 36.8 Å². The number of ether oxygens (including phenoxy) is 1. The third kappa shape index (κ3) is 8.40. The SMILES string of the molecule is CCNC(=NCc1ccccc1OC)NCCCSC.I. The van der Waals surface area contributed by atoms with Gasteiger partial charge in [-0.2, -0.15) is 11.8 Å². The number of thioether (sulfide) groups is 1. The van der Waals surface area contributed by atoms with Crippen molar-refractivity contribution in [2.75, 3.05) is 32.2 Å². The van der Waals surface area contributed by atoms with E-state index in [1.165, 1.54) is 5.75 Å². The highest BCUT2D eigenvalue weighted by Gasteiger charge is 2.01. The highest BCUT2D eigenvalue weighted by atomic mass is 127. The lowest BCUT2D eigenvalue weighted by Gasteiger charge is -2.11. The van der Waals surface area contributed by atoms with Gasteiger partial charge in [-0.15, -0.1) is 24.0 Å². The second kappa shape index (κ2) is 13.1. The number of nitrogens with one attached hydrogen (secondary N) is 2. The first-order valence-corrected chi connectivity index (χ1v) is 8.34. The van der Waals surface area contributed by atoms with Gasteiger partial charge in [-0.25, -0.2) is 4.99 Å². The molecule has 1 aromatic rings. The summed E-state index contributed by atoms with van der Waals surface area (Å²) in [5.41, 5.74) is 1.09. The molecule has 0 aromatic heterocycles. The summed E-state index contributed by atoms with van der Waals surface area (Å²) >= 11 is 1.86. The zero-order valence-electron chi connectivity index (χ0n) is 13.0. The van der Waals surface area contributed by atoms with Gasteiger partial charge in [0.1, 0.15) is 5.75 Å². The molecule has 21 heavy (non-hydrogen) atoms. The lowest BCUT2D eigenvalue weighted by atomic mass is 10.2. The number of aliphatic imine (C=N–C) groups is 1. The third-order valence-corrected chi connectivity index (χ3v) is 3.46. The summed E-state index contributed by atoms with van der Waals surface area (Å²) in [4.78, 5) is 4.60. The summed E-state index contributed by atoms with van der Waals surface area (Å²) in [6, 6.07) is 7.98. The largest absolute Gasteiger partial charge is 0.496 e. The molecule has 0 bridgehead atoms. The Hall–Kier alpha value is -0.630. The number of benzene rings is 1. The maximum absolute atomic E-state index is 5.34. The minimum absolute atomic E-state index is 0. The molecule has 2 N–H and O–H groups in total. The molecule has 0 unspecified atom stereocenters. The van der Waals surface area contributed by atoms with E-state index in [1.54, 1.807) is 7.11 Å². The first kappa shape index (κ1) is 20.4. The fourth-order valence-electron chi connectivity index (χ4n) is 1.76. The predicted molar refractivity (Wildman–Crippen MR) is 104 cm³/mol. The van der Waals surface area contributed by atoms with Crippen molar-refractivity contribution in [2.45, 2.75) is 19.9 Å². The average Bonchev–Trinajstić information content (AvgIpc) is 2.49. The van der Waals surface area contributed by atoms with Gasteiger partial charge in [0.2, 0.25) is 0 Å². The highest BCUT2D eigenvalue weighted by Crippen LogP contribution is 2.17. The molecule has 6 heteroatoms. The summed E-state index contributed by atoms with van der Waals surface area (Å²) in [7, 11) is 1.69. The van der Waals surface area contributed by atoms with Crippen molar-refractivity contribution in [3.63, 3.8) is 0 Å². The van der Waals surface area contributed by atoms with Crippen LogP contribution in [0.4, 0.5) is 0 Å². The lowest BCUT2D eigenvalue weighted by Crippen LogP contribution is -2.37. The molecule has 0 radical (unpaired) electrons. The first-order valence-electron chi connectivity index (χ1n) is 6.94. The second-order valence-electron chi connectivity index (χ2n) is 4.28. The molecule has 0 aliphatic rings. The number of hydrogen-bond acceptors (Lipinski definition) is 3. The molecule has 0 heterocycles. The van der Waals surface area contributed by atoms with Crippen LogP contribution < -0.4 is 15.4 Å². The highest BCUT2D eigenvalue weighted by molar-refractivity contribution is 14.0. The summed E-state index contributed by atoms with van der Waals surface area (Å²) in [5.74, 6) is 2.91. The van der Waals surface area contributed by atoms with Gasteiger partial charge in [-0.3, -0.25) is 0 Å². The van der Waals surface area contributed by atoms with Crippen LogP contribution in [0.5, 0.6) is 5.75 Å². The summed E-state index contributed by atoms with van der Waals surface area (Å²) in [6.45, 7) is 4.49. The van der Waals surface area contributed by atoms with Crippen molar-refractivity contribution in [2.24, 2.45) is 4.99 Å². The van der Waals surface area contributed by atoms with Crippen molar-refractivity contribution in [3.05, 3.63) is 29.8 Å². The van der Waals surface area contributed by atoms with E-state index in [0.29, 0.717) is 6.54 Å². The molecule has 0 aliphatic carbocycles. The summed E-state index contributed by atoms with van der Waals surface area (Å²) in [6.07, 6.45) is 3.27. The molecule has 0 fully saturated rings. The van der Waals surface area contributed by atoms with Crippen molar-refractivity contribution >= 4 is 41.7 Å². The standard InChI is InChI=1S/C15H25N3OS.HI/c1-4-16-15(17-10-7-11-20-3)18-12-13-8-5-6-9-14(13)19-2;/h5-6,8-9H,4,7,10-12H2,1-3H3,(H2,16,17,18);1H. The molecule has 0 amide bonds. The zero-order chi connectivity index (χ0) is 14.6. The summed E-state index contributed by atoms with van der Waals surface area (Å²) < 4.78 is 5.34. The Kier molecular flexibility index (Phi) is 12.7. The van der Waals surface area contributed by atoms with Crippen molar-refractivity contribution in [1.29, 1.82) is 0 Å². The van der Waals surface area contributed by atoms with Crippen LogP contribution in [0.3, 0.4) is 0 Å². The van der Waals surface area contributed by atoms with Gasteiger partial charge in [0.15, 0.2) is 5.96 Å². The Morgan fingerprint density at radius 3 is 2.71 bits per heavy atom. The van der Waals surface area contributed by atoms with Crippen LogP contribution in [0.2, 0.25) is 0 Å². The monoisotopic (exact) mass is 423 g/mol. The minimum Gasteiger partial charge on any atom is -0.496 e. The zero-order valence-corrected chi connectivity index (χ0v) is 16.2.